The fraction of sp³-hybridized carbons (Fsp3) is 0.235. The number of rotatable bonds is 4. The van der Waals surface area contributed by atoms with Crippen LogP contribution in [-0.4, -0.2) is 43.8 Å². The summed E-state index contributed by atoms with van der Waals surface area (Å²) in [4.78, 5) is 11.2. The van der Waals surface area contributed by atoms with Crippen molar-refractivity contribution >= 4 is 21.4 Å². The molecule has 146 valence electrons. The van der Waals surface area contributed by atoms with Crippen LogP contribution in [0.5, 0.6) is 0 Å². The van der Waals surface area contributed by atoms with E-state index in [2.05, 4.69) is 0 Å². The summed E-state index contributed by atoms with van der Waals surface area (Å²) in [6, 6.07) is 7.99. The van der Waals surface area contributed by atoms with Crippen molar-refractivity contribution in [2.45, 2.75) is 4.90 Å². The first-order chi connectivity index (χ1) is 13.2. The maximum Gasteiger partial charge on any atom is 0.270 e. The lowest BCUT2D eigenvalue weighted by atomic mass is 10.1. The van der Waals surface area contributed by atoms with Gasteiger partial charge in [-0.2, -0.15) is 9.57 Å². The Labute approximate surface area is 159 Å². The number of nitrogens with zero attached hydrogens (tertiary/aromatic N) is 4. The minimum atomic E-state index is -4.22. The molecule has 0 amide bonds. The summed E-state index contributed by atoms with van der Waals surface area (Å²) in [5, 5.41) is 20.1. The zero-order chi connectivity index (χ0) is 20.5. The van der Waals surface area contributed by atoms with E-state index in [-0.39, 0.29) is 37.4 Å². The Kier molecular flexibility index (Phi) is 5.26. The molecular formula is C17H14F2N4O4S. The number of halogens is 2. The van der Waals surface area contributed by atoms with Gasteiger partial charge in [-0.3, -0.25) is 10.1 Å². The minimum absolute atomic E-state index is 0.0137. The van der Waals surface area contributed by atoms with Gasteiger partial charge in [-0.15, -0.1) is 0 Å². The molecule has 3 rings (SSSR count). The quantitative estimate of drug-likeness (QED) is 0.567. The van der Waals surface area contributed by atoms with Crippen molar-refractivity contribution in [3.05, 3.63) is 63.7 Å². The molecule has 1 fully saturated rings. The number of hydrogen-bond donors (Lipinski definition) is 0. The van der Waals surface area contributed by atoms with Crippen molar-refractivity contribution in [1.29, 1.82) is 5.26 Å². The van der Waals surface area contributed by atoms with Gasteiger partial charge < -0.3 is 4.90 Å². The molecule has 0 radical (unpaired) electrons. The van der Waals surface area contributed by atoms with Crippen LogP contribution < -0.4 is 4.90 Å². The SMILES string of the molecule is N#Cc1cc([N+](=O)[O-])ccc1N1CCN(S(=O)(=O)c2cc(F)ccc2F)CC1. The molecule has 1 saturated heterocycles. The van der Waals surface area contributed by atoms with Gasteiger partial charge in [-0.05, 0) is 24.3 Å². The Bertz CT molecular complexity index is 1080. The van der Waals surface area contributed by atoms with Gasteiger partial charge in [-0.1, -0.05) is 0 Å². The molecule has 8 nitrogen and oxygen atoms in total. The smallest absolute Gasteiger partial charge is 0.270 e. The van der Waals surface area contributed by atoms with Crippen LogP contribution in [-0.2, 0) is 10.0 Å². The highest BCUT2D eigenvalue weighted by molar-refractivity contribution is 7.89. The fourth-order valence-corrected chi connectivity index (χ4v) is 4.48. The normalized spacial score (nSPS) is 15.2. The standard InChI is InChI=1S/C17H14F2N4O4S/c18-13-1-3-15(19)17(10-13)28(26,27)22-7-5-21(6-8-22)16-4-2-14(23(24)25)9-12(16)11-20/h1-4,9-10H,5-8H2. The molecule has 0 unspecified atom stereocenters. The van der Waals surface area contributed by atoms with Gasteiger partial charge in [-0.25, -0.2) is 17.2 Å². The highest BCUT2D eigenvalue weighted by Gasteiger charge is 2.31. The minimum Gasteiger partial charge on any atom is -0.368 e. The molecule has 1 aliphatic heterocycles. The summed E-state index contributed by atoms with van der Waals surface area (Å²) in [5.41, 5.74) is 0.326. The maximum absolute atomic E-state index is 13.9. The molecule has 11 heteroatoms. The molecular weight excluding hydrogens is 394 g/mol. The molecule has 2 aromatic rings. The molecule has 0 bridgehead atoms. The summed E-state index contributed by atoms with van der Waals surface area (Å²) < 4.78 is 53.5. The third-order valence-corrected chi connectivity index (χ3v) is 6.32. The lowest BCUT2D eigenvalue weighted by Crippen LogP contribution is -2.49. The topological polar surface area (TPSA) is 108 Å². The second-order valence-corrected chi connectivity index (χ2v) is 7.94. The van der Waals surface area contributed by atoms with E-state index in [0.29, 0.717) is 11.8 Å². The molecule has 0 atom stereocenters. The van der Waals surface area contributed by atoms with Crippen LogP contribution in [0, 0.1) is 33.1 Å². The third kappa shape index (κ3) is 3.64. The van der Waals surface area contributed by atoms with Gasteiger partial charge >= 0.3 is 0 Å². The van der Waals surface area contributed by atoms with Crippen molar-refractivity contribution in [3.63, 3.8) is 0 Å². The number of non-ortho nitro benzene ring substituents is 1. The van der Waals surface area contributed by atoms with Crippen molar-refractivity contribution in [1.82, 2.24) is 4.31 Å². The van der Waals surface area contributed by atoms with Crippen LogP contribution in [0.4, 0.5) is 20.2 Å². The van der Waals surface area contributed by atoms with Gasteiger partial charge in [0.1, 0.15) is 22.6 Å². The summed E-state index contributed by atoms with van der Waals surface area (Å²) >= 11 is 0. The number of benzene rings is 2. The first-order valence-corrected chi connectivity index (χ1v) is 9.57. The van der Waals surface area contributed by atoms with E-state index in [9.17, 15) is 32.6 Å². The summed E-state index contributed by atoms with van der Waals surface area (Å²) in [6.07, 6.45) is 0. The summed E-state index contributed by atoms with van der Waals surface area (Å²) in [6.45, 7) is 0.339. The number of sulfonamides is 1. The zero-order valence-electron chi connectivity index (χ0n) is 14.4. The van der Waals surface area contributed by atoms with Crippen molar-refractivity contribution < 1.29 is 22.1 Å². The van der Waals surface area contributed by atoms with Crippen LogP contribution in [0.2, 0.25) is 0 Å². The van der Waals surface area contributed by atoms with Crippen LogP contribution in [0.25, 0.3) is 0 Å². The third-order valence-electron chi connectivity index (χ3n) is 4.40. The average molecular weight is 408 g/mol. The highest BCUT2D eigenvalue weighted by atomic mass is 32.2. The van der Waals surface area contributed by atoms with E-state index in [1.54, 1.807) is 4.90 Å². The number of hydrogen-bond acceptors (Lipinski definition) is 6. The second kappa shape index (κ2) is 7.49. The number of nitriles is 1. The van der Waals surface area contributed by atoms with Gasteiger partial charge in [0.15, 0.2) is 0 Å². The summed E-state index contributed by atoms with van der Waals surface area (Å²) in [5.74, 6) is -1.89. The molecule has 2 aromatic carbocycles. The van der Waals surface area contributed by atoms with Crippen LogP contribution in [0.15, 0.2) is 41.3 Å². The van der Waals surface area contributed by atoms with Gasteiger partial charge in [0.25, 0.3) is 5.69 Å². The first-order valence-electron chi connectivity index (χ1n) is 8.12. The van der Waals surface area contributed by atoms with Gasteiger partial charge in [0, 0.05) is 38.3 Å². The Morgan fingerprint density at radius 3 is 2.36 bits per heavy atom. The zero-order valence-corrected chi connectivity index (χ0v) is 15.2. The molecule has 0 N–H and O–H groups in total. The molecule has 1 heterocycles. The number of nitro groups is 1. The van der Waals surface area contributed by atoms with Gasteiger partial charge in [0.2, 0.25) is 10.0 Å². The second-order valence-electron chi connectivity index (χ2n) is 6.04. The van der Waals surface area contributed by atoms with E-state index in [0.717, 1.165) is 22.5 Å². The molecule has 1 aliphatic rings. The monoisotopic (exact) mass is 408 g/mol. The molecule has 0 spiro atoms. The van der Waals surface area contributed by atoms with E-state index in [1.165, 1.54) is 12.1 Å². The Balaban J connectivity index is 1.81. The Hall–Kier alpha value is -3.10. The Morgan fingerprint density at radius 1 is 1.07 bits per heavy atom. The first kappa shape index (κ1) is 19.7. The molecule has 0 aromatic heterocycles. The number of anilines is 1. The van der Waals surface area contributed by atoms with Crippen molar-refractivity contribution in [3.8, 4) is 6.07 Å². The number of nitro benzene ring substituents is 1. The average Bonchev–Trinajstić information content (AvgIpc) is 2.69. The predicted molar refractivity (Wildman–Crippen MR) is 95.1 cm³/mol. The van der Waals surface area contributed by atoms with E-state index >= 15 is 0 Å². The number of piperazine rings is 1. The summed E-state index contributed by atoms with van der Waals surface area (Å²) in [7, 11) is -4.22. The van der Waals surface area contributed by atoms with E-state index < -0.39 is 31.5 Å². The Morgan fingerprint density at radius 2 is 1.75 bits per heavy atom. The maximum atomic E-state index is 13.9. The highest BCUT2D eigenvalue weighted by Crippen LogP contribution is 2.27. The fourth-order valence-electron chi connectivity index (χ4n) is 2.99. The predicted octanol–water partition coefficient (Wildman–Crippen LogP) is 2.26. The van der Waals surface area contributed by atoms with Crippen LogP contribution in [0.3, 0.4) is 0 Å². The molecule has 0 aliphatic carbocycles. The van der Waals surface area contributed by atoms with Crippen LogP contribution >= 0.6 is 0 Å². The lowest BCUT2D eigenvalue weighted by molar-refractivity contribution is -0.384. The molecule has 28 heavy (non-hydrogen) atoms. The van der Waals surface area contributed by atoms with Crippen molar-refractivity contribution in [2.24, 2.45) is 0 Å². The van der Waals surface area contributed by atoms with Crippen molar-refractivity contribution in [2.75, 3.05) is 31.1 Å². The molecule has 0 saturated carbocycles. The van der Waals surface area contributed by atoms with Crippen LogP contribution in [0.1, 0.15) is 5.56 Å². The van der Waals surface area contributed by atoms with E-state index in [4.69, 9.17) is 0 Å². The van der Waals surface area contributed by atoms with E-state index in [1.807, 2.05) is 6.07 Å². The lowest BCUT2D eigenvalue weighted by Gasteiger charge is -2.35. The van der Waals surface area contributed by atoms with Gasteiger partial charge in [0.05, 0.1) is 16.2 Å². The largest absolute Gasteiger partial charge is 0.368 e.